The van der Waals surface area contributed by atoms with Crippen LogP contribution in [0.3, 0.4) is 0 Å². The van der Waals surface area contributed by atoms with Gasteiger partial charge >= 0.3 is 0 Å². The molecule has 2 rings (SSSR count). The Hall–Kier alpha value is -2.93. The van der Waals surface area contributed by atoms with E-state index < -0.39 is 0 Å². The molecule has 0 aliphatic heterocycles. The van der Waals surface area contributed by atoms with Gasteiger partial charge < -0.3 is 0 Å². The van der Waals surface area contributed by atoms with Crippen LogP contribution >= 0.6 is 0 Å². The summed E-state index contributed by atoms with van der Waals surface area (Å²) in [5.74, 6) is 5.71. The molecule has 1 aromatic heterocycles. The standard InChI is InChI=1S/C17H14FN3/c1-3-10-19-11-14(2)4-5-15-12-20-21(13-15)17-8-6-16(18)7-9-17/h3,6-13H,1H2,2H3/b14-11+,19-10-. The highest BCUT2D eigenvalue weighted by molar-refractivity contribution is 5.70. The number of aromatic nitrogens is 2. The Morgan fingerprint density at radius 3 is 2.86 bits per heavy atom. The summed E-state index contributed by atoms with van der Waals surface area (Å²) in [5.41, 5.74) is 2.40. The minimum absolute atomic E-state index is 0.272. The highest BCUT2D eigenvalue weighted by atomic mass is 19.1. The molecule has 2 aromatic rings. The van der Waals surface area contributed by atoms with Crippen molar-refractivity contribution < 1.29 is 4.39 Å². The monoisotopic (exact) mass is 279 g/mol. The van der Waals surface area contributed by atoms with Gasteiger partial charge in [-0.25, -0.2) is 9.07 Å². The molecule has 3 nitrogen and oxygen atoms in total. The van der Waals surface area contributed by atoms with Gasteiger partial charge in [0.05, 0.1) is 17.4 Å². The van der Waals surface area contributed by atoms with Gasteiger partial charge in [-0.15, -0.1) is 0 Å². The molecular formula is C17H14FN3. The van der Waals surface area contributed by atoms with Crippen LogP contribution in [0.4, 0.5) is 4.39 Å². The predicted octanol–water partition coefficient (Wildman–Crippen LogP) is 3.52. The number of aliphatic imine (C=N–C) groups is 1. The van der Waals surface area contributed by atoms with Crippen LogP contribution in [0.15, 0.2) is 66.1 Å². The second kappa shape index (κ2) is 7.01. The third-order valence-electron chi connectivity index (χ3n) is 2.54. The number of hydrogen-bond donors (Lipinski definition) is 0. The summed E-state index contributed by atoms with van der Waals surface area (Å²) in [5, 5.41) is 4.20. The molecule has 0 atom stereocenters. The Labute approximate surface area is 123 Å². The van der Waals surface area contributed by atoms with Gasteiger partial charge in [-0.2, -0.15) is 5.10 Å². The quantitative estimate of drug-likeness (QED) is 0.624. The van der Waals surface area contributed by atoms with Gasteiger partial charge in [-0.3, -0.25) is 4.99 Å². The molecule has 1 heterocycles. The van der Waals surface area contributed by atoms with Gasteiger partial charge in [0, 0.05) is 24.2 Å². The van der Waals surface area contributed by atoms with Crippen molar-refractivity contribution in [1.29, 1.82) is 0 Å². The zero-order valence-electron chi connectivity index (χ0n) is 11.6. The van der Waals surface area contributed by atoms with Gasteiger partial charge in [0.1, 0.15) is 5.82 Å². The molecule has 0 fully saturated rings. The summed E-state index contributed by atoms with van der Waals surface area (Å²) < 4.78 is 14.5. The van der Waals surface area contributed by atoms with Crippen LogP contribution in [-0.4, -0.2) is 16.0 Å². The van der Waals surface area contributed by atoms with E-state index in [4.69, 9.17) is 0 Å². The SMILES string of the molecule is C=C/C=N\C=C(/C)C#Cc1cnn(-c2ccc(F)cc2)c1. The fourth-order valence-electron chi connectivity index (χ4n) is 1.54. The molecule has 4 heteroatoms. The normalized spacial score (nSPS) is 11.2. The van der Waals surface area contributed by atoms with E-state index in [0.717, 1.165) is 16.8 Å². The summed E-state index contributed by atoms with van der Waals surface area (Å²) in [6.45, 7) is 5.41. The fourth-order valence-corrected chi connectivity index (χ4v) is 1.54. The molecule has 0 amide bonds. The van der Waals surface area contributed by atoms with Crippen molar-refractivity contribution in [2.75, 3.05) is 0 Å². The van der Waals surface area contributed by atoms with Crippen LogP contribution in [0.5, 0.6) is 0 Å². The van der Waals surface area contributed by atoms with E-state index in [9.17, 15) is 4.39 Å². The van der Waals surface area contributed by atoms with E-state index in [0.29, 0.717) is 0 Å². The lowest BCUT2D eigenvalue weighted by Crippen LogP contribution is -1.93. The van der Waals surface area contributed by atoms with Gasteiger partial charge in [0.2, 0.25) is 0 Å². The molecule has 0 aliphatic carbocycles. The lowest BCUT2D eigenvalue weighted by molar-refractivity contribution is 0.627. The van der Waals surface area contributed by atoms with Crippen molar-refractivity contribution in [1.82, 2.24) is 9.78 Å². The predicted molar refractivity (Wildman–Crippen MR) is 82.8 cm³/mol. The second-order valence-corrected chi connectivity index (χ2v) is 4.25. The summed E-state index contributed by atoms with van der Waals surface area (Å²) in [7, 11) is 0. The molecule has 0 saturated carbocycles. The number of rotatable bonds is 3. The molecule has 0 saturated heterocycles. The third kappa shape index (κ3) is 4.29. The van der Waals surface area contributed by atoms with Gasteiger partial charge in [-0.05, 0) is 31.2 Å². The highest BCUT2D eigenvalue weighted by Crippen LogP contribution is 2.09. The first kappa shape index (κ1) is 14.5. The molecule has 0 radical (unpaired) electrons. The van der Waals surface area contributed by atoms with Crippen LogP contribution < -0.4 is 0 Å². The molecule has 1 aromatic carbocycles. The van der Waals surface area contributed by atoms with Crippen molar-refractivity contribution in [2.24, 2.45) is 4.99 Å². The first-order valence-electron chi connectivity index (χ1n) is 6.32. The van der Waals surface area contributed by atoms with Gasteiger partial charge in [0.15, 0.2) is 0 Å². The molecule has 0 unspecified atom stereocenters. The maximum Gasteiger partial charge on any atom is 0.123 e. The molecule has 104 valence electrons. The average Bonchev–Trinajstić information content (AvgIpc) is 2.95. The smallest absolute Gasteiger partial charge is 0.123 e. The Kier molecular flexibility index (Phi) is 4.84. The molecule has 0 bridgehead atoms. The van der Waals surface area contributed by atoms with E-state index in [1.807, 2.05) is 6.92 Å². The van der Waals surface area contributed by atoms with Gasteiger partial charge in [-0.1, -0.05) is 24.5 Å². The Morgan fingerprint density at radius 1 is 1.38 bits per heavy atom. The van der Waals surface area contributed by atoms with Crippen molar-refractivity contribution >= 4 is 6.21 Å². The highest BCUT2D eigenvalue weighted by Gasteiger charge is 1.99. The van der Waals surface area contributed by atoms with Crippen LogP contribution in [0.1, 0.15) is 12.5 Å². The molecule has 21 heavy (non-hydrogen) atoms. The topological polar surface area (TPSA) is 30.2 Å². The van der Waals surface area contributed by atoms with E-state index in [1.165, 1.54) is 12.1 Å². The van der Waals surface area contributed by atoms with Crippen LogP contribution in [0, 0.1) is 17.7 Å². The van der Waals surface area contributed by atoms with E-state index >= 15 is 0 Å². The minimum atomic E-state index is -0.272. The van der Waals surface area contributed by atoms with Crippen molar-refractivity contribution in [3.05, 3.63) is 72.5 Å². The zero-order chi connectivity index (χ0) is 15.1. The Balaban J connectivity index is 2.14. The molecule has 0 spiro atoms. The number of benzene rings is 1. The fraction of sp³-hybridized carbons (Fsp3) is 0.0588. The molecule has 0 aliphatic rings. The number of nitrogens with zero attached hydrogens (tertiary/aromatic N) is 3. The average molecular weight is 279 g/mol. The summed E-state index contributed by atoms with van der Waals surface area (Å²) in [6.07, 6.45) is 8.32. The first-order chi connectivity index (χ1) is 10.2. The van der Waals surface area contributed by atoms with Gasteiger partial charge in [0.25, 0.3) is 0 Å². The van der Waals surface area contributed by atoms with Crippen LogP contribution in [0.25, 0.3) is 5.69 Å². The van der Waals surface area contributed by atoms with E-state index in [2.05, 4.69) is 28.5 Å². The minimum Gasteiger partial charge on any atom is -0.264 e. The largest absolute Gasteiger partial charge is 0.264 e. The summed E-state index contributed by atoms with van der Waals surface area (Å²) >= 11 is 0. The maximum atomic E-state index is 12.9. The zero-order valence-corrected chi connectivity index (χ0v) is 11.6. The van der Waals surface area contributed by atoms with Crippen molar-refractivity contribution in [3.63, 3.8) is 0 Å². The molecule has 0 N–H and O–H groups in total. The number of allylic oxidation sites excluding steroid dienone is 2. The van der Waals surface area contributed by atoms with Crippen molar-refractivity contribution in [2.45, 2.75) is 6.92 Å². The van der Waals surface area contributed by atoms with Crippen molar-refractivity contribution in [3.8, 4) is 17.5 Å². The maximum absolute atomic E-state index is 12.9. The summed E-state index contributed by atoms with van der Waals surface area (Å²) in [4.78, 5) is 4.00. The molecular weight excluding hydrogens is 265 g/mol. The van der Waals surface area contributed by atoms with Crippen LogP contribution in [-0.2, 0) is 0 Å². The summed E-state index contributed by atoms with van der Waals surface area (Å²) in [6, 6.07) is 6.11. The lowest BCUT2D eigenvalue weighted by atomic mass is 10.3. The number of hydrogen-bond acceptors (Lipinski definition) is 2. The van der Waals surface area contributed by atoms with Crippen LogP contribution in [0.2, 0.25) is 0 Å². The lowest BCUT2D eigenvalue weighted by Gasteiger charge is -1.99. The first-order valence-corrected chi connectivity index (χ1v) is 6.32. The van der Waals surface area contributed by atoms with E-state index in [-0.39, 0.29) is 5.82 Å². The third-order valence-corrected chi connectivity index (χ3v) is 2.54. The Bertz CT molecular complexity index is 740. The van der Waals surface area contributed by atoms with E-state index in [1.54, 1.807) is 47.7 Å². The Morgan fingerprint density at radius 2 is 2.14 bits per heavy atom. The second-order valence-electron chi connectivity index (χ2n) is 4.25. The number of halogens is 1.